The number of hydrogen-bond donors (Lipinski definition) is 1. The van der Waals surface area contributed by atoms with Gasteiger partial charge in [-0.15, -0.1) is 0 Å². The van der Waals surface area contributed by atoms with Crippen molar-refractivity contribution in [2.75, 3.05) is 25.0 Å². The number of nitrogens with zero attached hydrogens (tertiary/aromatic N) is 1. The second-order valence-electron chi connectivity index (χ2n) is 6.92. The highest BCUT2D eigenvalue weighted by atomic mass is 35.5. The number of hydrogen-bond acceptors (Lipinski definition) is 4. The summed E-state index contributed by atoms with van der Waals surface area (Å²) in [7, 11) is 0. The molecule has 1 N–H and O–H groups in total. The van der Waals surface area contributed by atoms with Gasteiger partial charge in [0.05, 0.1) is 23.8 Å². The molecule has 1 fully saturated rings. The molecule has 1 amide bonds. The van der Waals surface area contributed by atoms with Crippen LogP contribution in [0.25, 0.3) is 0 Å². The van der Waals surface area contributed by atoms with E-state index in [1.165, 1.54) is 0 Å². The van der Waals surface area contributed by atoms with E-state index < -0.39 is 5.97 Å². The number of nitrogens with one attached hydrogen (secondary N) is 1. The molecule has 5 nitrogen and oxygen atoms in total. The van der Waals surface area contributed by atoms with E-state index >= 15 is 0 Å². The van der Waals surface area contributed by atoms with Crippen LogP contribution in [-0.4, -0.2) is 36.5 Å². The number of benzene rings is 2. The average molecular weight is 401 g/mol. The molecular weight excluding hydrogens is 376 g/mol. The molecule has 0 bridgehead atoms. The van der Waals surface area contributed by atoms with Crippen molar-refractivity contribution in [3.63, 3.8) is 0 Å². The number of esters is 1. The molecule has 6 heteroatoms. The van der Waals surface area contributed by atoms with Crippen LogP contribution in [0.5, 0.6) is 0 Å². The van der Waals surface area contributed by atoms with Crippen molar-refractivity contribution < 1.29 is 14.3 Å². The summed E-state index contributed by atoms with van der Waals surface area (Å²) >= 11 is 6.27. The Morgan fingerprint density at radius 1 is 1.18 bits per heavy atom. The second kappa shape index (κ2) is 9.71. The Morgan fingerprint density at radius 3 is 2.71 bits per heavy atom. The molecule has 0 unspecified atom stereocenters. The lowest BCUT2D eigenvalue weighted by atomic mass is 9.96. The Hall–Kier alpha value is -2.37. The second-order valence-corrected chi connectivity index (χ2v) is 7.33. The normalized spacial score (nSPS) is 17.1. The summed E-state index contributed by atoms with van der Waals surface area (Å²) in [6, 6.07) is 14.7. The van der Waals surface area contributed by atoms with Crippen molar-refractivity contribution in [3.8, 4) is 0 Å². The zero-order chi connectivity index (χ0) is 19.9. The van der Waals surface area contributed by atoms with Gasteiger partial charge in [0.1, 0.15) is 0 Å². The van der Waals surface area contributed by atoms with Crippen LogP contribution >= 0.6 is 11.6 Å². The Morgan fingerprint density at radius 2 is 1.93 bits per heavy atom. The molecule has 0 aliphatic carbocycles. The first-order valence-corrected chi connectivity index (χ1v) is 9.99. The summed E-state index contributed by atoms with van der Waals surface area (Å²) in [6.07, 6.45) is 1.77. The van der Waals surface area contributed by atoms with Gasteiger partial charge in [0.25, 0.3) is 0 Å². The van der Waals surface area contributed by atoms with E-state index in [1.807, 2.05) is 24.3 Å². The Bertz CT molecular complexity index is 840. The number of para-hydroxylation sites is 1. The van der Waals surface area contributed by atoms with Crippen molar-refractivity contribution in [2.24, 2.45) is 5.92 Å². The number of piperidine rings is 1. The van der Waals surface area contributed by atoms with Crippen LogP contribution in [0.1, 0.15) is 35.7 Å². The number of carbonyl (C=O) groups excluding carboxylic acids is 2. The van der Waals surface area contributed by atoms with Crippen LogP contribution in [0.15, 0.2) is 48.5 Å². The van der Waals surface area contributed by atoms with E-state index in [0.717, 1.165) is 36.5 Å². The lowest BCUT2D eigenvalue weighted by molar-refractivity contribution is -0.121. The summed E-state index contributed by atoms with van der Waals surface area (Å²) < 4.78 is 5.08. The van der Waals surface area contributed by atoms with Crippen molar-refractivity contribution in [1.29, 1.82) is 0 Å². The minimum absolute atomic E-state index is 0.0689. The van der Waals surface area contributed by atoms with Crippen molar-refractivity contribution >= 4 is 29.2 Å². The average Bonchev–Trinajstić information content (AvgIpc) is 2.70. The number of ether oxygens (including phenoxy) is 1. The fourth-order valence-corrected chi connectivity index (χ4v) is 3.69. The molecule has 0 radical (unpaired) electrons. The third-order valence-electron chi connectivity index (χ3n) is 4.91. The van der Waals surface area contributed by atoms with Crippen LogP contribution in [0, 0.1) is 5.92 Å². The maximum Gasteiger partial charge on any atom is 0.340 e. The Kier molecular flexibility index (Phi) is 7.06. The zero-order valence-corrected chi connectivity index (χ0v) is 16.7. The van der Waals surface area contributed by atoms with Crippen LogP contribution in [-0.2, 0) is 16.1 Å². The van der Waals surface area contributed by atoms with E-state index in [-0.39, 0.29) is 11.8 Å². The van der Waals surface area contributed by atoms with E-state index in [2.05, 4.69) is 10.2 Å². The van der Waals surface area contributed by atoms with Gasteiger partial charge in [0.2, 0.25) is 5.91 Å². The fraction of sp³-hybridized carbons (Fsp3) is 0.364. The van der Waals surface area contributed by atoms with Crippen LogP contribution < -0.4 is 5.32 Å². The molecule has 1 aliphatic rings. The van der Waals surface area contributed by atoms with Crippen molar-refractivity contribution in [3.05, 3.63) is 64.7 Å². The molecule has 0 aromatic heterocycles. The first-order chi connectivity index (χ1) is 13.6. The largest absolute Gasteiger partial charge is 0.462 e. The molecule has 1 heterocycles. The molecular formula is C22H25ClN2O3. The summed E-state index contributed by atoms with van der Waals surface area (Å²) in [5.74, 6) is -0.630. The van der Waals surface area contributed by atoms with E-state index in [4.69, 9.17) is 16.3 Å². The molecule has 0 spiro atoms. The first kappa shape index (κ1) is 20.4. The van der Waals surface area contributed by atoms with Crippen molar-refractivity contribution in [2.45, 2.75) is 26.3 Å². The van der Waals surface area contributed by atoms with E-state index in [0.29, 0.717) is 24.4 Å². The highest BCUT2D eigenvalue weighted by Crippen LogP contribution is 2.24. The van der Waals surface area contributed by atoms with Crippen molar-refractivity contribution in [1.82, 2.24) is 4.90 Å². The number of halogens is 1. The Balaban J connectivity index is 1.65. The van der Waals surface area contributed by atoms with Gasteiger partial charge in [-0.05, 0) is 50.1 Å². The third-order valence-corrected chi connectivity index (χ3v) is 5.28. The lowest BCUT2D eigenvalue weighted by Gasteiger charge is -2.32. The third kappa shape index (κ3) is 5.12. The molecule has 1 aliphatic heterocycles. The standard InChI is InChI=1S/C22H25ClN2O3/c1-2-28-22(27)18-10-4-6-12-20(18)24-21(26)17-9-7-13-25(15-17)14-16-8-3-5-11-19(16)23/h3-6,8,10-12,17H,2,7,9,13-15H2,1H3,(H,24,26)/t17-/m1/s1. The van der Waals surface area contributed by atoms with Crippen LogP contribution in [0.4, 0.5) is 5.69 Å². The molecule has 28 heavy (non-hydrogen) atoms. The maximum absolute atomic E-state index is 12.8. The Labute approximate surface area is 170 Å². The van der Waals surface area contributed by atoms with E-state index in [1.54, 1.807) is 31.2 Å². The molecule has 2 aromatic carbocycles. The van der Waals surface area contributed by atoms with Gasteiger partial charge in [0, 0.05) is 18.1 Å². The molecule has 0 saturated carbocycles. The summed E-state index contributed by atoms with van der Waals surface area (Å²) in [6.45, 7) is 4.38. The summed E-state index contributed by atoms with van der Waals surface area (Å²) in [5.41, 5.74) is 1.94. The number of anilines is 1. The summed E-state index contributed by atoms with van der Waals surface area (Å²) in [5, 5.41) is 3.67. The predicted molar refractivity (Wildman–Crippen MR) is 110 cm³/mol. The van der Waals surface area contributed by atoms with E-state index in [9.17, 15) is 9.59 Å². The lowest BCUT2D eigenvalue weighted by Crippen LogP contribution is -2.40. The predicted octanol–water partition coefficient (Wildman–Crippen LogP) is 4.37. The topological polar surface area (TPSA) is 58.6 Å². The van der Waals surface area contributed by atoms with Crippen LogP contribution in [0.2, 0.25) is 5.02 Å². The minimum atomic E-state index is -0.428. The molecule has 2 aromatic rings. The van der Waals surface area contributed by atoms with Gasteiger partial charge in [-0.1, -0.05) is 41.9 Å². The summed E-state index contributed by atoms with van der Waals surface area (Å²) in [4.78, 5) is 27.2. The highest BCUT2D eigenvalue weighted by molar-refractivity contribution is 6.31. The number of amides is 1. The zero-order valence-electron chi connectivity index (χ0n) is 16.0. The monoisotopic (exact) mass is 400 g/mol. The van der Waals surface area contributed by atoms with Gasteiger partial charge in [-0.25, -0.2) is 4.79 Å². The number of carbonyl (C=O) groups is 2. The minimum Gasteiger partial charge on any atom is -0.462 e. The smallest absolute Gasteiger partial charge is 0.340 e. The first-order valence-electron chi connectivity index (χ1n) is 9.61. The number of likely N-dealkylation sites (tertiary alicyclic amines) is 1. The van der Waals surface area contributed by atoms with Gasteiger partial charge in [-0.3, -0.25) is 9.69 Å². The molecule has 1 atom stereocenters. The van der Waals surface area contributed by atoms with Gasteiger partial charge >= 0.3 is 5.97 Å². The molecule has 3 rings (SSSR count). The molecule has 1 saturated heterocycles. The maximum atomic E-state index is 12.8. The fourth-order valence-electron chi connectivity index (χ4n) is 3.49. The SMILES string of the molecule is CCOC(=O)c1ccccc1NC(=O)[C@@H]1CCCN(Cc2ccccc2Cl)C1. The quantitative estimate of drug-likeness (QED) is 0.731. The number of rotatable bonds is 6. The van der Waals surface area contributed by atoms with Gasteiger partial charge in [-0.2, -0.15) is 0 Å². The van der Waals surface area contributed by atoms with Gasteiger partial charge in [0.15, 0.2) is 0 Å². The molecule has 148 valence electrons. The van der Waals surface area contributed by atoms with Crippen LogP contribution in [0.3, 0.4) is 0 Å². The highest BCUT2D eigenvalue weighted by Gasteiger charge is 2.27. The van der Waals surface area contributed by atoms with Gasteiger partial charge < -0.3 is 10.1 Å².